The molecule has 0 spiro atoms. The van der Waals surface area contributed by atoms with Gasteiger partial charge in [0.05, 0.1) is 18.8 Å². The Kier molecular flexibility index (Phi) is 5.45. The van der Waals surface area contributed by atoms with Crippen LogP contribution in [0.1, 0.15) is 41.0 Å². The molecule has 0 aromatic carbocycles. The van der Waals surface area contributed by atoms with Gasteiger partial charge in [-0.25, -0.2) is 0 Å². The van der Waals surface area contributed by atoms with Crippen LogP contribution in [0.25, 0.3) is 0 Å². The average Bonchev–Trinajstić information content (AvgIpc) is 2.49. The third-order valence-corrected chi connectivity index (χ3v) is 4.11. The molecule has 21 heavy (non-hydrogen) atoms. The lowest BCUT2D eigenvalue weighted by Gasteiger charge is -2.31. The van der Waals surface area contributed by atoms with Crippen LogP contribution in [0.4, 0.5) is 0 Å². The molecule has 0 amide bonds. The summed E-state index contributed by atoms with van der Waals surface area (Å²) in [5.41, 5.74) is -0.915. The van der Waals surface area contributed by atoms with Gasteiger partial charge in [0.15, 0.2) is 0 Å². The SMILES string of the molecule is CC(C)(C)OC(=O)[C@H]1C(CCOS(C)(=O)=O)CNC1(C)C. The fourth-order valence-electron chi connectivity index (χ4n) is 2.68. The summed E-state index contributed by atoms with van der Waals surface area (Å²) in [7, 11) is -3.45. The molecule has 1 aliphatic rings. The first-order valence-corrected chi connectivity index (χ1v) is 8.96. The molecule has 1 unspecified atom stereocenters. The maximum absolute atomic E-state index is 12.4. The van der Waals surface area contributed by atoms with Crippen molar-refractivity contribution in [1.82, 2.24) is 5.32 Å². The van der Waals surface area contributed by atoms with Crippen LogP contribution in [-0.2, 0) is 23.8 Å². The first-order valence-electron chi connectivity index (χ1n) is 7.14. The number of esters is 1. The zero-order valence-corrected chi connectivity index (χ0v) is 14.5. The van der Waals surface area contributed by atoms with Gasteiger partial charge in [-0.05, 0) is 53.5 Å². The molecule has 1 N–H and O–H groups in total. The van der Waals surface area contributed by atoms with Crippen LogP contribution in [-0.4, -0.2) is 44.9 Å². The molecule has 124 valence electrons. The molecule has 0 bridgehead atoms. The lowest BCUT2D eigenvalue weighted by atomic mass is 9.81. The largest absolute Gasteiger partial charge is 0.460 e. The summed E-state index contributed by atoms with van der Waals surface area (Å²) < 4.78 is 32.3. The minimum atomic E-state index is -3.45. The molecule has 1 saturated heterocycles. The fourth-order valence-corrected chi connectivity index (χ4v) is 3.08. The Morgan fingerprint density at radius 3 is 2.38 bits per heavy atom. The first-order chi connectivity index (χ1) is 9.32. The Bertz CT molecular complexity index is 478. The van der Waals surface area contributed by atoms with Crippen molar-refractivity contribution < 1.29 is 22.1 Å². The van der Waals surface area contributed by atoms with Crippen LogP contribution in [0.3, 0.4) is 0 Å². The number of carbonyl (C=O) groups excluding carboxylic acids is 1. The summed E-state index contributed by atoms with van der Waals surface area (Å²) >= 11 is 0. The van der Waals surface area contributed by atoms with E-state index in [1.165, 1.54) is 0 Å². The Morgan fingerprint density at radius 2 is 1.90 bits per heavy atom. The van der Waals surface area contributed by atoms with Gasteiger partial charge >= 0.3 is 5.97 Å². The summed E-state index contributed by atoms with van der Waals surface area (Å²) in [6, 6.07) is 0. The topological polar surface area (TPSA) is 81.7 Å². The summed E-state index contributed by atoms with van der Waals surface area (Å²) in [5.74, 6) is -0.571. The molecule has 0 aromatic heterocycles. The van der Waals surface area contributed by atoms with Crippen molar-refractivity contribution in [3.05, 3.63) is 0 Å². The zero-order chi connectivity index (χ0) is 16.5. The lowest BCUT2D eigenvalue weighted by molar-refractivity contribution is -0.163. The van der Waals surface area contributed by atoms with Gasteiger partial charge in [0.2, 0.25) is 0 Å². The van der Waals surface area contributed by atoms with Crippen LogP contribution in [0.5, 0.6) is 0 Å². The van der Waals surface area contributed by atoms with Crippen LogP contribution in [0.2, 0.25) is 0 Å². The van der Waals surface area contributed by atoms with E-state index in [2.05, 4.69) is 5.32 Å². The number of ether oxygens (including phenoxy) is 1. The Morgan fingerprint density at radius 1 is 1.33 bits per heavy atom. The quantitative estimate of drug-likeness (QED) is 0.607. The van der Waals surface area contributed by atoms with E-state index in [4.69, 9.17) is 8.92 Å². The number of rotatable bonds is 5. The molecule has 1 rings (SSSR count). The van der Waals surface area contributed by atoms with E-state index >= 15 is 0 Å². The predicted octanol–water partition coefficient (Wildman–Crippen LogP) is 1.31. The van der Waals surface area contributed by atoms with Crippen molar-refractivity contribution >= 4 is 16.1 Å². The summed E-state index contributed by atoms with van der Waals surface area (Å²) in [6.07, 6.45) is 1.52. The Hall–Kier alpha value is -0.660. The number of nitrogens with one attached hydrogen (secondary N) is 1. The highest BCUT2D eigenvalue weighted by atomic mass is 32.2. The lowest BCUT2D eigenvalue weighted by Crippen LogP contribution is -2.45. The molecule has 0 aliphatic carbocycles. The second-order valence-electron chi connectivity index (χ2n) is 7.19. The minimum Gasteiger partial charge on any atom is -0.460 e. The maximum Gasteiger partial charge on any atom is 0.311 e. The van der Waals surface area contributed by atoms with Crippen molar-refractivity contribution in [2.24, 2.45) is 11.8 Å². The smallest absolute Gasteiger partial charge is 0.311 e. The third-order valence-electron chi connectivity index (χ3n) is 3.52. The second kappa shape index (κ2) is 6.22. The van der Waals surface area contributed by atoms with Crippen molar-refractivity contribution in [1.29, 1.82) is 0 Å². The van der Waals surface area contributed by atoms with Crippen LogP contribution in [0.15, 0.2) is 0 Å². The predicted molar refractivity (Wildman–Crippen MR) is 80.3 cm³/mol. The zero-order valence-electron chi connectivity index (χ0n) is 13.7. The normalized spacial score (nSPS) is 25.8. The summed E-state index contributed by atoms with van der Waals surface area (Å²) in [6.45, 7) is 10.1. The molecule has 2 atom stereocenters. The highest BCUT2D eigenvalue weighted by Crippen LogP contribution is 2.35. The second-order valence-corrected chi connectivity index (χ2v) is 8.83. The number of carbonyl (C=O) groups is 1. The molecule has 1 fully saturated rings. The van der Waals surface area contributed by atoms with E-state index in [0.29, 0.717) is 13.0 Å². The standard InChI is InChI=1S/C14H27NO5S/c1-13(2,3)20-12(16)11-10(9-15-14(11,4)5)7-8-19-21(6,17)18/h10-11,15H,7-9H2,1-6H3/t10?,11-/m1/s1. The monoisotopic (exact) mass is 321 g/mol. The van der Waals surface area contributed by atoms with E-state index in [1.807, 2.05) is 34.6 Å². The highest BCUT2D eigenvalue weighted by molar-refractivity contribution is 7.85. The first kappa shape index (κ1) is 18.4. The molecule has 0 radical (unpaired) electrons. The van der Waals surface area contributed by atoms with E-state index in [0.717, 1.165) is 6.26 Å². The molecule has 1 aliphatic heterocycles. The summed E-state index contributed by atoms with van der Waals surface area (Å²) in [4.78, 5) is 12.4. The molecule has 6 nitrogen and oxygen atoms in total. The number of hydrogen-bond acceptors (Lipinski definition) is 6. The number of hydrogen-bond donors (Lipinski definition) is 1. The van der Waals surface area contributed by atoms with Gasteiger partial charge in [-0.1, -0.05) is 0 Å². The van der Waals surface area contributed by atoms with Crippen molar-refractivity contribution in [3.63, 3.8) is 0 Å². The molecule has 0 saturated carbocycles. The van der Waals surface area contributed by atoms with Gasteiger partial charge in [0.1, 0.15) is 5.60 Å². The van der Waals surface area contributed by atoms with E-state index in [-0.39, 0.29) is 30.0 Å². The average molecular weight is 321 g/mol. The molecule has 0 aromatic rings. The van der Waals surface area contributed by atoms with E-state index in [1.54, 1.807) is 0 Å². The van der Waals surface area contributed by atoms with Crippen molar-refractivity contribution in [2.45, 2.75) is 52.2 Å². The molecular formula is C14H27NO5S. The van der Waals surface area contributed by atoms with Crippen LogP contribution < -0.4 is 5.32 Å². The van der Waals surface area contributed by atoms with Gasteiger partial charge in [0.25, 0.3) is 10.1 Å². The van der Waals surface area contributed by atoms with E-state index in [9.17, 15) is 13.2 Å². The van der Waals surface area contributed by atoms with E-state index < -0.39 is 15.7 Å². The molecular weight excluding hydrogens is 294 g/mol. The molecule has 1 heterocycles. The van der Waals surface area contributed by atoms with Crippen LogP contribution in [0, 0.1) is 11.8 Å². The Balaban J connectivity index is 2.73. The van der Waals surface area contributed by atoms with Gasteiger partial charge in [-0.15, -0.1) is 0 Å². The fraction of sp³-hybridized carbons (Fsp3) is 0.929. The Labute approximate surface area is 127 Å². The van der Waals surface area contributed by atoms with Crippen molar-refractivity contribution in [2.75, 3.05) is 19.4 Å². The summed E-state index contributed by atoms with van der Waals surface area (Å²) in [5, 5.41) is 3.30. The maximum atomic E-state index is 12.4. The third kappa shape index (κ3) is 5.92. The molecule has 7 heteroatoms. The van der Waals surface area contributed by atoms with Crippen molar-refractivity contribution in [3.8, 4) is 0 Å². The minimum absolute atomic E-state index is 0.00315. The highest BCUT2D eigenvalue weighted by Gasteiger charge is 2.47. The van der Waals surface area contributed by atoms with Gasteiger partial charge in [-0.3, -0.25) is 8.98 Å². The van der Waals surface area contributed by atoms with Crippen LogP contribution >= 0.6 is 0 Å². The van der Waals surface area contributed by atoms with Gasteiger partial charge in [0, 0.05) is 5.54 Å². The van der Waals surface area contributed by atoms with Gasteiger partial charge < -0.3 is 10.1 Å². The van der Waals surface area contributed by atoms with Gasteiger partial charge in [-0.2, -0.15) is 8.42 Å².